The van der Waals surface area contributed by atoms with Gasteiger partial charge in [-0.05, 0) is 66.2 Å². The van der Waals surface area contributed by atoms with Gasteiger partial charge in [0.15, 0.2) is 0 Å². The van der Waals surface area contributed by atoms with Crippen molar-refractivity contribution in [1.82, 2.24) is 9.88 Å². The summed E-state index contributed by atoms with van der Waals surface area (Å²) in [4.78, 5) is 35.0. The summed E-state index contributed by atoms with van der Waals surface area (Å²) in [5, 5.41) is 5.15. The highest BCUT2D eigenvalue weighted by molar-refractivity contribution is 7.11. The zero-order valence-electron chi connectivity index (χ0n) is 17.0. The van der Waals surface area contributed by atoms with Crippen molar-refractivity contribution in [3.05, 3.63) is 82.4 Å². The van der Waals surface area contributed by atoms with E-state index < -0.39 is 0 Å². The average molecular weight is 431 g/mol. The Bertz CT molecular complexity index is 1120. The number of anilines is 2. The molecule has 2 aromatic heterocycles. The molecule has 0 atom stereocenters. The first-order chi connectivity index (χ1) is 15.2. The molecule has 2 aliphatic rings. The number of rotatable bonds is 6. The van der Waals surface area contributed by atoms with E-state index in [2.05, 4.69) is 27.3 Å². The van der Waals surface area contributed by atoms with Crippen molar-refractivity contribution >= 4 is 40.1 Å². The van der Waals surface area contributed by atoms with Gasteiger partial charge < -0.3 is 10.2 Å². The normalized spacial score (nSPS) is 16.5. The van der Waals surface area contributed by atoms with Crippen LogP contribution in [0.5, 0.6) is 0 Å². The minimum Gasteiger partial charge on any atom is -0.372 e. The molecule has 0 spiro atoms. The molecule has 1 aromatic carbocycles. The standard InChI is InChI=1S/C24H22N4O2S/c29-23-21(20-4-3-15-31-20)22(24(30)28(23)16-17-9-11-25-12-10-17)26-18-5-7-19(8-6-18)27-13-1-2-14-27/h3-12,15,26H,1-2,13-14,16H2. The second-order valence-electron chi connectivity index (χ2n) is 7.65. The summed E-state index contributed by atoms with van der Waals surface area (Å²) in [6.45, 7) is 2.38. The number of hydrogen-bond donors (Lipinski definition) is 1. The summed E-state index contributed by atoms with van der Waals surface area (Å²) in [7, 11) is 0. The van der Waals surface area contributed by atoms with Gasteiger partial charge in [0.05, 0.1) is 12.1 Å². The van der Waals surface area contributed by atoms with Crippen LogP contribution in [0.3, 0.4) is 0 Å². The van der Waals surface area contributed by atoms with Crippen LogP contribution in [0.1, 0.15) is 23.3 Å². The Hall–Kier alpha value is -3.45. The summed E-state index contributed by atoms with van der Waals surface area (Å²) in [6, 6.07) is 15.5. The Morgan fingerprint density at radius 1 is 0.935 bits per heavy atom. The number of carbonyl (C=O) groups excluding carboxylic acids is 2. The fraction of sp³-hybridized carbons (Fsp3) is 0.208. The number of pyridine rings is 1. The van der Waals surface area contributed by atoms with Gasteiger partial charge >= 0.3 is 0 Å². The molecule has 1 N–H and O–H groups in total. The third-order valence-electron chi connectivity index (χ3n) is 5.63. The highest BCUT2D eigenvalue weighted by Crippen LogP contribution is 2.34. The topological polar surface area (TPSA) is 65.5 Å². The maximum absolute atomic E-state index is 13.3. The molecular weight excluding hydrogens is 408 g/mol. The Balaban J connectivity index is 1.43. The van der Waals surface area contributed by atoms with Crippen LogP contribution >= 0.6 is 11.3 Å². The quantitative estimate of drug-likeness (QED) is 0.596. The van der Waals surface area contributed by atoms with E-state index in [1.807, 2.05) is 41.8 Å². The average Bonchev–Trinajstić information content (AvgIpc) is 3.55. The predicted octanol–water partition coefficient (Wildman–Crippen LogP) is 4.14. The van der Waals surface area contributed by atoms with Crippen molar-refractivity contribution in [3.63, 3.8) is 0 Å². The number of thiophene rings is 1. The third-order valence-corrected chi connectivity index (χ3v) is 6.52. The summed E-state index contributed by atoms with van der Waals surface area (Å²) >= 11 is 1.45. The molecule has 2 aliphatic heterocycles. The lowest BCUT2D eigenvalue weighted by Gasteiger charge is -2.18. The molecule has 0 saturated carbocycles. The van der Waals surface area contributed by atoms with Crippen molar-refractivity contribution in [2.75, 3.05) is 23.3 Å². The van der Waals surface area contributed by atoms with E-state index in [0.717, 1.165) is 29.2 Å². The van der Waals surface area contributed by atoms with Crippen molar-refractivity contribution in [2.45, 2.75) is 19.4 Å². The predicted molar refractivity (Wildman–Crippen MR) is 123 cm³/mol. The van der Waals surface area contributed by atoms with Crippen LogP contribution in [0.15, 0.2) is 72.0 Å². The number of imide groups is 1. The maximum Gasteiger partial charge on any atom is 0.278 e. The number of aromatic nitrogens is 1. The van der Waals surface area contributed by atoms with E-state index in [9.17, 15) is 9.59 Å². The van der Waals surface area contributed by atoms with Crippen LogP contribution in [0.2, 0.25) is 0 Å². The lowest BCUT2D eigenvalue weighted by molar-refractivity contribution is -0.137. The number of hydrogen-bond acceptors (Lipinski definition) is 6. The van der Waals surface area contributed by atoms with Crippen LogP contribution in [0, 0.1) is 0 Å². The molecule has 156 valence electrons. The van der Waals surface area contributed by atoms with Crippen LogP contribution in [-0.4, -0.2) is 34.8 Å². The molecule has 2 amide bonds. The van der Waals surface area contributed by atoms with E-state index >= 15 is 0 Å². The van der Waals surface area contributed by atoms with Crippen molar-refractivity contribution < 1.29 is 9.59 Å². The number of nitrogens with zero attached hydrogens (tertiary/aromatic N) is 3. The Morgan fingerprint density at radius 2 is 1.68 bits per heavy atom. The van der Waals surface area contributed by atoms with E-state index in [4.69, 9.17) is 0 Å². The Labute approximate surface area is 184 Å². The van der Waals surface area contributed by atoms with Crippen molar-refractivity contribution in [1.29, 1.82) is 0 Å². The molecule has 1 saturated heterocycles. The number of nitrogens with one attached hydrogen (secondary N) is 1. The van der Waals surface area contributed by atoms with Gasteiger partial charge in [0.1, 0.15) is 5.70 Å². The highest BCUT2D eigenvalue weighted by Gasteiger charge is 2.39. The fourth-order valence-electron chi connectivity index (χ4n) is 4.03. The molecule has 3 aromatic rings. The van der Waals surface area contributed by atoms with Gasteiger partial charge in [0.2, 0.25) is 0 Å². The van der Waals surface area contributed by atoms with Gasteiger partial charge in [-0.25, -0.2) is 0 Å². The SMILES string of the molecule is O=C1C(Nc2ccc(N3CCCC3)cc2)=C(c2cccs2)C(=O)N1Cc1ccncc1. The molecule has 31 heavy (non-hydrogen) atoms. The van der Waals surface area contributed by atoms with Crippen molar-refractivity contribution in [2.24, 2.45) is 0 Å². The summed E-state index contributed by atoms with van der Waals surface area (Å²) in [5.41, 5.74) is 3.59. The Morgan fingerprint density at radius 3 is 2.35 bits per heavy atom. The second-order valence-corrected chi connectivity index (χ2v) is 8.59. The molecule has 4 heterocycles. The van der Waals surface area contributed by atoms with E-state index in [-0.39, 0.29) is 18.4 Å². The highest BCUT2D eigenvalue weighted by atomic mass is 32.1. The van der Waals surface area contributed by atoms with Gasteiger partial charge in [-0.15, -0.1) is 11.3 Å². The number of amides is 2. The Kier molecular flexibility index (Phi) is 5.26. The summed E-state index contributed by atoms with van der Waals surface area (Å²) < 4.78 is 0. The largest absolute Gasteiger partial charge is 0.372 e. The lowest BCUT2D eigenvalue weighted by Crippen LogP contribution is -2.31. The van der Waals surface area contributed by atoms with Gasteiger partial charge in [-0.1, -0.05) is 6.07 Å². The van der Waals surface area contributed by atoms with E-state index in [0.29, 0.717) is 11.3 Å². The summed E-state index contributed by atoms with van der Waals surface area (Å²) in [5.74, 6) is -0.589. The maximum atomic E-state index is 13.3. The zero-order valence-corrected chi connectivity index (χ0v) is 17.8. The van der Waals surface area contributed by atoms with Crippen molar-refractivity contribution in [3.8, 4) is 0 Å². The minimum atomic E-state index is -0.311. The van der Waals surface area contributed by atoms with Gasteiger partial charge in [0, 0.05) is 41.7 Å². The molecular formula is C24H22N4O2S. The fourth-order valence-corrected chi connectivity index (χ4v) is 4.80. The third kappa shape index (κ3) is 3.84. The molecule has 0 aliphatic carbocycles. The van der Waals surface area contributed by atoms with Crippen LogP contribution in [-0.2, 0) is 16.1 Å². The first-order valence-corrected chi connectivity index (χ1v) is 11.2. The molecule has 1 fully saturated rings. The van der Waals surface area contributed by atoms with E-state index in [1.54, 1.807) is 12.4 Å². The van der Waals surface area contributed by atoms with Crippen LogP contribution in [0.4, 0.5) is 11.4 Å². The lowest BCUT2D eigenvalue weighted by atomic mass is 10.1. The minimum absolute atomic E-state index is 0.216. The number of carbonyl (C=O) groups is 2. The smallest absolute Gasteiger partial charge is 0.278 e. The van der Waals surface area contributed by atoms with Gasteiger partial charge in [0.25, 0.3) is 11.8 Å². The van der Waals surface area contributed by atoms with Crippen LogP contribution in [0.25, 0.3) is 5.57 Å². The van der Waals surface area contributed by atoms with E-state index in [1.165, 1.54) is 34.8 Å². The molecule has 6 nitrogen and oxygen atoms in total. The second kappa shape index (κ2) is 8.35. The van der Waals surface area contributed by atoms with Gasteiger partial charge in [-0.2, -0.15) is 0 Å². The molecule has 5 rings (SSSR count). The molecule has 0 radical (unpaired) electrons. The number of benzene rings is 1. The first kappa shape index (κ1) is 19.5. The first-order valence-electron chi connectivity index (χ1n) is 10.4. The molecule has 0 bridgehead atoms. The van der Waals surface area contributed by atoms with Crippen LogP contribution < -0.4 is 10.2 Å². The molecule has 7 heteroatoms. The summed E-state index contributed by atoms with van der Waals surface area (Å²) in [6.07, 6.45) is 5.77. The zero-order chi connectivity index (χ0) is 21.2. The monoisotopic (exact) mass is 430 g/mol. The molecule has 0 unspecified atom stereocenters. The van der Waals surface area contributed by atoms with Gasteiger partial charge in [-0.3, -0.25) is 19.5 Å².